The van der Waals surface area contributed by atoms with Gasteiger partial charge in [0, 0.05) is 0 Å². The normalized spacial score (nSPS) is 12.7. The van der Waals surface area contributed by atoms with E-state index in [1.165, 1.54) is 11.5 Å². The zero-order valence-electron chi connectivity index (χ0n) is 9.83. The van der Waals surface area contributed by atoms with E-state index >= 15 is 0 Å². The monoisotopic (exact) mass is 251 g/mol. The molecule has 0 amide bonds. The SMILES string of the molecule is CC(OCCn1c(=O)oc2ccccc21)C(=O)O. The van der Waals surface area contributed by atoms with Crippen molar-refractivity contribution in [1.29, 1.82) is 0 Å². The van der Waals surface area contributed by atoms with Gasteiger partial charge in [0.15, 0.2) is 11.7 Å². The summed E-state index contributed by atoms with van der Waals surface area (Å²) >= 11 is 0. The van der Waals surface area contributed by atoms with Crippen LogP contribution in [0, 0.1) is 0 Å². The van der Waals surface area contributed by atoms with Crippen LogP contribution in [0.1, 0.15) is 6.92 Å². The molecule has 2 aromatic rings. The first-order chi connectivity index (χ1) is 8.59. The predicted molar refractivity (Wildman–Crippen MR) is 63.5 cm³/mol. The molecule has 6 nitrogen and oxygen atoms in total. The summed E-state index contributed by atoms with van der Waals surface area (Å²) in [6.07, 6.45) is -0.890. The molecule has 1 atom stereocenters. The van der Waals surface area contributed by atoms with Crippen molar-refractivity contribution in [3.05, 3.63) is 34.8 Å². The topological polar surface area (TPSA) is 81.7 Å². The number of carboxylic acids is 1. The van der Waals surface area contributed by atoms with Crippen LogP contribution in [0.25, 0.3) is 11.1 Å². The highest BCUT2D eigenvalue weighted by atomic mass is 16.5. The lowest BCUT2D eigenvalue weighted by Gasteiger charge is -2.08. The van der Waals surface area contributed by atoms with Gasteiger partial charge < -0.3 is 14.3 Å². The summed E-state index contributed by atoms with van der Waals surface area (Å²) in [7, 11) is 0. The number of nitrogens with zero attached hydrogens (tertiary/aromatic N) is 1. The van der Waals surface area contributed by atoms with Crippen molar-refractivity contribution in [1.82, 2.24) is 4.57 Å². The van der Waals surface area contributed by atoms with Gasteiger partial charge in [-0.3, -0.25) is 4.57 Å². The van der Waals surface area contributed by atoms with Gasteiger partial charge in [-0.1, -0.05) is 12.1 Å². The molecular weight excluding hydrogens is 238 g/mol. The number of ether oxygens (including phenoxy) is 1. The lowest BCUT2D eigenvalue weighted by atomic mass is 10.3. The van der Waals surface area contributed by atoms with E-state index in [0.29, 0.717) is 11.1 Å². The predicted octanol–water partition coefficient (Wildman–Crippen LogP) is 1.08. The highest BCUT2D eigenvalue weighted by Gasteiger charge is 2.12. The molecule has 6 heteroatoms. The minimum atomic E-state index is -1.03. The van der Waals surface area contributed by atoms with E-state index in [9.17, 15) is 9.59 Å². The second kappa shape index (κ2) is 5.05. The Labute approximate surface area is 102 Å². The first kappa shape index (κ1) is 12.4. The van der Waals surface area contributed by atoms with Gasteiger partial charge in [0.05, 0.1) is 18.7 Å². The Hall–Kier alpha value is -2.08. The molecule has 1 aromatic carbocycles. The number of fused-ring (bicyclic) bond motifs is 1. The number of carboxylic acid groups (broad SMARTS) is 1. The van der Waals surface area contributed by atoms with Crippen molar-refractivity contribution in [2.45, 2.75) is 19.6 Å². The highest BCUT2D eigenvalue weighted by molar-refractivity contribution is 5.72. The molecule has 0 bridgehead atoms. The number of aromatic nitrogens is 1. The first-order valence-electron chi connectivity index (χ1n) is 5.52. The van der Waals surface area contributed by atoms with Gasteiger partial charge >= 0.3 is 11.7 Å². The average Bonchev–Trinajstić information content (AvgIpc) is 2.65. The van der Waals surface area contributed by atoms with Gasteiger partial charge in [0.2, 0.25) is 0 Å². The van der Waals surface area contributed by atoms with E-state index in [1.807, 2.05) is 0 Å². The molecule has 1 N–H and O–H groups in total. The number of para-hydroxylation sites is 2. The van der Waals surface area contributed by atoms with Gasteiger partial charge in [-0.25, -0.2) is 9.59 Å². The molecule has 0 spiro atoms. The maximum Gasteiger partial charge on any atom is 0.420 e. The maximum atomic E-state index is 11.6. The molecular formula is C12H13NO5. The highest BCUT2D eigenvalue weighted by Crippen LogP contribution is 2.11. The van der Waals surface area contributed by atoms with Gasteiger partial charge in [-0.05, 0) is 19.1 Å². The second-order valence-electron chi connectivity index (χ2n) is 3.84. The van der Waals surface area contributed by atoms with Crippen molar-refractivity contribution in [3.8, 4) is 0 Å². The number of aliphatic carboxylic acids is 1. The lowest BCUT2D eigenvalue weighted by molar-refractivity contribution is -0.149. The fourth-order valence-electron chi connectivity index (χ4n) is 1.62. The standard InChI is InChI=1S/C12H13NO5/c1-8(11(14)15)17-7-6-13-9-4-2-3-5-10(9)18-12(13)16/h2-5,8H,6-7H2,1H3,(H,14,15). The van der Waals surface area contributed by atoms with Crippen molar-refractivity contribution in [3.63, 3.8) is 0 Å². The van der Waals surface area contributed by atoms with E-state index in [0.717, 1.165) is 0 Å². The summed E-state index contributed by atoms with van der Waals surface area (Å²) in [5.41, 5.74) is 1.18. The van der Waals surface area contributed by atoms with E-state index in [2.05, 4.69) is 0 Å². The molecule has 1 unspecified atom stereocenters. The van der Waals surface area contributed by atoms with Crippen molar-refractivity contribution in [2.75, 3.05) is 6.61 Å². The van der Waals surface area contributed by atoms with Crippen LogP contribution in [0.2, 0.25) is 0 Å². The van der Waals surface area contributed by atoms with Crippen LogP contribution in [0.15, 0.2) is 33.5 Å². The number of hydrogen-bond donors (Lipinski definition) is 1. The molecule has 18 heavy (non-hydrogen) atoms. The van der Waals surface area contributed by atoms with E-state index < -0.39 is 17.8 Å². The van der Waals surface area contributed by atoms with E-state index in [4.69, 9.17) is 14.3 Å². The summed E-state index contributed by atoms with van der Waals surface area (Å²) < 4.78 is 11.5. The number of hydrogen-bond acceptors (Lipinski definition) is 4. The Kier molecular flexibility index (Phi) is 3.47. The molecule has 0 aliphatic heterocycles. The molecule has 0 aliphatic rings. The Morgan fingerprint density at radius 3 is 2.94 bits per heavy atom. The molecule has 2 rings (SSSR count). The van der Waals surface area contributed by atoms with Crippen LogP contribution < -0.4 is 5.76 Å². The summed E-state index contributed by atoms with van der Waals surface area (Å²) in [6, 6.07) is 7.04. The van der Waals surface area contributed by atoms with E-state index in [-0.39, 0.29) is 13.2 Å². The second-order valence-corrected chi connectivity index (χ2v) is 3.84. The lowest BCUT2D eigenvalue weighted by Crippen LogP contribution is -2.24. The third kappa shape index (κ3) is 2.43. The molecule has 0 saturated carbocycles. The molecule has 0 radical (unpaired) electrons. The summed E-state index contributed by atoms with van der Waals surface area (Å²) in [5, 5.41) is 8.65. The van der Waals surface area contributed by atoms with Crippen LogP contribution in [0.4, 0.5) is 0 Å². The number of benzene rings is 1. The van der Waals surface area contributed by atoms with Crippen molar-refractivity contribution < 1.29 is 19.1 Å². The summed E-state index contributed by atoms with van der Waals surface area (Å²) in [4.78, 5) is 22.1. The average molecular weight is 251 g/mol. The molecule has 1 heterocycles. The van der Waals surface area contributed by atoms with Gasteiger partial charge in [-0.2, -0.15) is 0 Å². The molecule has 96 valence electrons. The Balaban J connectivity index is 2.10. The van der Waals surface area contributed by atoms with Crippen LogP contribution in [-0.2, 0) is 16.1 Å². The zero-order chi connectivity index (χ0) is 13.1. The third-order valence-electron chi connectivity index (χ3n) is 2.60. The fourth-order valence-corrected chi connectivity index (χ4v) is 1.62. The molecule has 0 fully saturated rings. The maximum absolute atomic E-state index is 11.6. The van der Waals surface area contributed by atoms with Crippen LogP contribution in [0.3, 0.4) is 0 Å². The summed E-state index contributed by atoms with van der Waals surface area (Å²) in [5.74, 6) is -1.50. The molecule has 1 aromatic heterocycles. The third-order valence-corrected chi connectivity index (χ3v) is 2.60. The fraction of sp³-hybridized carbons (Fsp3) is 0.333. The summed E-state index contributed by atoms with van der Waals surface area (Å²) in [6.45, 7) is 1.84. The Bertz CT molecular complexity index is 612. The van der Waals surface area contributed by atoms with Gasteiger partial charge in [0.1, 0.15) is 0 Å². The van der Waals surface area contributed by atoms with Crippen molar-refractivity contribution >= 4 is 17.1 Å². The minimum Gasteiger partial charge on any atom is -0.479 e. The number of rotatable bonds is 5. The van der Waals surface area contributed by atoms with Crippen LogP contribution in [0.5, 0.6) is 0 Å². The minimum absolute atomic E-state index is 0.136. The Morgan fingerprint density at radius 2 is 2.22 bits per heavy atom. The largest absolute Gasteiger partial charge is 0.479 e. The smallest absolute Gasteiger partial charge is 0.420 e. The first-order valence-corrected chi connectivity index (χ1v) is 5.52. The quantitative estimate of drug-likeness (QED) is 0.860. The van der Waals surface area contributed by atoms with E-state index in [1.54, 1.807) is 24.3 Å². The number of oxazole rings is 1. The van der Waals surface area contributed by atoms with Gasteiger partial charge in [0.25, 0.3) is 0 Å². The number of carbonyl (C=O) groups is 1. The van der Waals surface area contributed by atoms with Crippen molar-refractivity contribution in [2.24, 2.45) is 0 Å². The van der Waals surface area contributed by atoms with Gasteiger partial charge in [-0.15, -0.1) is 0 Å². The van der Waals surface area contributed by atoms with Crippen LogP contribution in [-0.4, -0.2) is 28.4 Å². The Morgan fingerprint density at radius 1 is 1.50 bits per heavy atom. The molecule has 0 saturated heterocycles. The zero-order valence-corrected chi connectivity index (χ0v) is 9.83. The molecule has 0 aliphatic carbocycles. The van der Waals surface area contributed by atoms with Crippen LogP contribution >= 0.6 is 0 Å².